The largest absolute Gasteiger partial charge is 0.336 e. The molecule has 0 aliphatic rings. The number of hydrogen-bond acceptors (Lipinski definition) is 2. The van der Waals surface area contributed by atoms with E-state index in [1.807, 2.05) is 27.7 Å². The second kappa shape index (κ2) is 6.66. The lowest BCUT2D eigenvalue weighted by atomic mass is 10.0. The summed E-state index contributed by atoms with van der Waals surface area (Å²) in [5.41, 5.74) is 6.42. The molecule has 0 aliphatic heterocycles. The van der Waals surface area contributed by atoms with Crippen molar-refractivity contribution in [1.29, 1.82) is 0 Å². The van der Waals surface area contributed by atoms with Gasteiger partial charge < -0.3 is 10.6 Å². The summed E-state index contributed by atoms with van der Waals surface area (Å²) in [7, 11) is 0. The minimum Gasteiger partial charge on any atom is -0.336 e. The minimum absolute atomic E-state index is 0.0826. The molecule has 0 aromatic heterocycles. The zero-order valence-corrected chi connectivity index (χ0v) is 12.1. The first kappa shape index (κ1) is 15.6. The summed E-state index contributed by atoms with van der Waals surface area (Å²) in [5, 5.41) is 0. The number of carbonyl (C=O) groups is 1. The SMILES string of the molecule is CC(C)N(C(=O)C(N)Cc1ccccc1F)C(C)C. The molecule has 0 saturated heterocycles. The molecule has 0 heterocycles. The van der Waals surface area contributed by atoms with Crippen LogP contribution in [0.4, 0.5) is 4.39 Å². The Morgan fingerprint density at radius 2 is 1.74 bits per heavy atom. The molecule has 0 radical (unpaired) electrons. The highest BCUT2D eigenvalue weighted by atomic mass is 19.1. The molecule has 1 unspecified atom stereocenters. The van der Waals surface area contributed by atoms with Gasteiger partial charge in [0.05, 0.1) is 6.04 Å². The molecule has 1 rings (SSSR count). The van der Waals surface area contributed by atoms with Crippen LogP contribution in [0.5, 0.6) is 0 Å². The summed E-state index contributed by atoms with van der Waals surface area (Å²) in [6.07, 6.45) is 0.224. The third kappa shape index (κ3) is 4.03. The maximum absolute atomic E-state index is 13.6. The van der Waals surface area contributed by atoms with Gasteiger partial charge in [0.25, 0.3) is 0 Å². The Kier molecular flexibility index (Phi) is 5.48. The van der Waals surface area contributed by atoms with Gasteiger partial charge in [0.1, 0.15) is 5.82 Å². The van der Waals surface area contributed by atoms with Gasteiger partial charge in [-0.05, 0) is 45.7 Å². The van der Waals surface area contributed by atoms with Crippen LogP contribution in [0, 0.1) is 5.82 Å². The van der Waals surface area contributed by atoms with Crippen molar-refractivity contribution in [3.63, 3.8) is 0 Å². The van der Waals surface area contributed by atoms with Gasteiger partial charge in [0.15, 0.2) is 0 Å². The summed E-state index contributed by atoms with van der Waals surface area (Å²) in [6.45, 7) is 7.81. The third-order valence-electron chi connectivity index (χ3n) is 3.08. The molecule has 0 fully saturated rings. The van der Waals surface area contributed by atoms with E-state index in [4.69, 9.17) is 5.73 Å². The lowest BCUT2D eigenvalue weighted by molar-refractivity contribution is -0.136. The summed E-state index contributed by atoms with van der Waals surface area (Å²) >= 11 is 0. The number of carbonyl (C=O) groups excluding carboxylic acids is 1. The lowest BCUT2D eigenvalue weighted by Crippen LogP contribution is -2.50. The second-order valence-corrected chi connectivity index (χ2v) is 5.34. The molecule has 106 valence electrons. The van der Waals surface area contributed by atoms with Gasteiger partial charge in [-0.2, -0.15) is 0 Å². The fourth-order valence-corrected chi connectivity index (χ4v) is 2.28. The molecule has 1 amide bonds. The van der Waals surface area contributed by atoms with Gasteiger partial charge in [0.2, 0.25) is 5.91 Å². The van der Waals surface area contributed by atoms with Crippen molar-refractivity contribution in [3.8, 4) is 0 Å². The van der Waals surface area contributed by atoms with E-state index in [0.29, 0.717) is 5.56 Å². The average molecular weight is 266 g/mol. The van der Waals surface area contributed by atoms with Crippen molar-refractivity contribution in [1.82, 2.24) is 4.90 Å². The van der Waals surface area contributed by atoms with Crippen LogP contribution in [0.25, 0.3) is 0 Å². The van der Waals surface area contributed by atoms with Crippen molar-refractivity contribution >= 4 is 5.91 Å². The van der Waals surface area contributed by atoms with Gasteiger partial charge in [-0.15, -0.1) is 0 Å². The Hall–Kier alpha value is -1.42. The number of benzene rings is 1. The number of amides is 1. The maximum Gasteiger partial charge on any atom is 0.240 e. The quantitative estimate of drug-likeness (QED) is 0.889. The van der Waals surface area contributed by atoms with E-state index < -0.39 is 6.04 Å². The van der Waals surface area contributed by atoms with E-state index >= 15 is 0 Å². The molecule has 1 atom stereocenters. The highest BCUT2D eigenvalue weighted by Crippen LogP contribution is 2.12. The lowest BCUT2D eigenvalue weighted by Gasteiger charge is -2.33. The molecule has 1 aromatic rings. The van der Waals surface area contributed by atoms with Crippen LogP contribution in [-0.2, 0) is 11.2 Å². The van der Waals surface area contributed by atoms with Gasteiger partial charge >= 0.3 is 0 Å². The number of nitrogens with zero attached hydrogens (tertiary/aromatic N) is 1. The van der Waals surface area contributed by atoms with E-state index in [-0.39, 0.29) is 30.2 Å². The molecular weight excluding hydrogens is 243 g/mol. The highest BCUT2D eigenvalue weighted by molar-refractivity contribution is 5.82. The molecule has 0 saturated carbocycles. The Balaban J connectivity index is 2.80. The van der Waals surface area contributed by atoms with Crippen LogP contribution in [0.15, 0.2) is 24.3 Å². The first-order valence-corrected chi connectivity index (χ1v) is 6.65. The second-order valence-electron chi connectivity index (χ2n) is 5.34. The van der Waals surface area contributed by atoms with Crippen molar-refractivity contribution in [2.75, 3.05) is 0 Å². The summed E-state index contributed by atoms with van der Waals surface area (Å²) < 4.78 is 13.6. The van der Waals surface area contributed by atoms with E-state index in [0.717, 1.165) is 0 Å². The highest BCUT2D eigenvalue weighted by Gasteiger charge is 2.26. The maximum atomic E-state index is 13.6. The predicted molar refractivity (Wildman–Crippen MR) is 75.2 cm³/mol. The molecule has 0 aliphatic carbocycles. The zero-order chi connectivity index (χ0) is 14.6. The number of nitrogens with two attached hydrogens (primary N) is 1. The number of hydrogen-bond donors (Lipinski definition) is 1. The number of rotatable bonds is 5. The summed E-state index contributed by atoms with van der Waals surface area (Å²) in [4.78, 5) is 14.1. The Morgan fingerprint density at radius 1 is 1.21 bits per heavy atom. The summed E-state index contributed by atoms with van der Waals surface area (Å²) in [5.74, 6) is -0.445. The Bertz CT molecular complexity index is 424. The first-order valence-electron chi connectivity index (χ1n) is 6.65. The Morgan fingerprint density at radius 3 is 2.21 bits per heavy atom. The van der Waals surface area contributed by atoms with Crippen LogP contribution in [0.3, 0.4) is 0 Å². The third-order valence-corrected chi connectivity index (χ3v) is 3.08. The van der Waals surface area contributed by atoms with Gasteiger partial charge in [-0.1, -0.05) is 18.2 Å². The first-order chi connectivity index (χ1) is 8.84. The van der Waals surface area contributed by atoms with E-state index in [9.17, 15) is 9.18 Å². The summed E-state index contributed by atoms with van der Waals surface area (Å²) in [6, 6.07) is 5.88. The van der Waals surface area contributed by atoms with Crippen LogP contribution in [-0.4, -0.2) is 28.9 Å². The predicted octanol–water partition coefficient (Wildman–Crippen LogP) is 2.34. The smallest absolute Gasteiger partial charge is 0.240 e. The topological polar surface area (TPSA) is 46.3 Å². The van der Waals surface area contributed by atoms with Crippen molar-refractivity contribution in [3.05, 3.63) is 35.6 Å². The van der Waals surface area contributed by atoms with Gasteiger partial charge in [-0.3, -0.25) is 4.79 Å². The van der Waals surface area contributed by atoms with Gasteiger partial charge in [0, 0.05) is 12.1 Å². The van der Waals surface area contributed by atoms with Crippen molar-refractivity contribution in [2.24, 2.45) is 5.73 Å². The van der Waals surface area contributed by atoms with E-state index in [1.54, 1.807) is 23.1 Å². The molecule has 0 bridgehead atoms. The van der Waals surface area contributed by atoms with Crippen LogP contribution in [0.1, 0.15) is 33.3 Å². The molecule has 0 spiro atoms. The van der Waals surface area contributed by atoms with Gasteiger partial charge in [-0.25, -0.2) is 4.39 Å². The standard InChI is InChI=1S/C15H23FN2O/c1-10(2)18(11(3)4)15(19)14(17)9-12-7-5-6-8-13(12)16/h5-8,10-11,14H,9,17H2,1-4H3. The minimum atomic E-state index is -0.707. The Labute approximate surface area is 114 Å². The molecule has 1 aromatic carbocycles. The fourth-order valence-electron chi connectivity index (χ4n) is 2.28. The van der Waals surface area contributed by atoms with Crippen LogP contribution in [0.2, 0.25) is 0 Å². The van der Waals surface area contributed by atoms with E-state index in [1.165, 1.54) is 6.07 Å². The zero-order valence-electron chi connectivity index (χ0n) is 12.1. The average Bonchev–Trinajstić information content (AvgIpc) is 2.31. The normalized spacial score (nSPS) is 12.8. The molecular formula is C15H23FN2O. The number of halogens is 1. The molecule has 19 heavy (non-hydrogen) atoms. The molecule has 4 heteroatoms. The van der Waals surface area contributed by atoms with Crippen LogP contribution >= 0.6 is 0 Å². The molecule has 3 nitrogen and oxygen atoms in total. The van der Waals surface area contributed by atoms with Crippen LogP contribution < -0.4 is 5.73 Å². The van der Waals surface area contributed by atoms with E-state index in [2.05, 4.69) is 0 Å². The van der Waals surface area contributed by atoms with Crippen molar-refractivity contribution in [2.45, 2.75) is 52.2 Å². The van der Waals surface area contributed by atoms with Crippen molar-refractivity contribution < 1.29 is 9.18 Å². The fraction of sp³-hybridized carbons (Fsp3) is 0.533. The molecule has 2 N–H and O–H groups in total. The monoisotopic (exact) mass is 266 g/mol.